The van der Waals surface area contributed by atoms with E-state index in [1.165, 1.54) is 25.7 Å². The second kappa shape index (κ2) is 3.11. The Balaban J connectivity index is 1.99. The molecule has 3 atom stereocenters. The van der Waals surface area contributed by atoms with Crippen molar-refractivity contribution in [3.05, 3.63) is 0 Å². The zero-order valence-electron chi connectivity index (χ0n) is 6.92. The van der Waals surface area contributed by atoms with Gasteiger partial charge >= 0.3 is 0 Å². The number of aliphatic hydroxyl groups is 1. The quantitative estimate of drug-likeness (QED) is 0.544. The van der Waals surface area contributed by atoms with Crippen molar-refractivity contribution in [2.45, 2.75) is 44.2 Å². The Morgan fingerprint density at radius 3 is 2.73 bits per heavy atom. The van der Waals surface area contributed by atoms with Gasteiger partial charge in [0, 0.05) is 12.0 Å². The second-order valence-corrected chi connectivity index (χ2v) is 3.86. The van der Waals surface area contributed by atoms with E-state index in [0.717, 1.165) is 13.0 Å². The van der Waals surface area contributed by atoms with Crippen LogP contribution < -0.4 is 5.32 Å². The maximum Gasteiger partial charge on any atom is 0.0595 e. The highest BCUT2D eigenvalue weighted by Gasteiger charge is 2.33. The van der Waals surface area contributed by atoms with Crippen molar-refractivity contribution in [1.82, 2.24) is 5.32 Å². The topological polar surface area (TPSA) is 32.3 Å². The molecule has 0 aromatic rings. The number of nitrogens with one attached hydrogen (secondary N) is 1. The average molecular weight is 155 g/mol. The largest absolute Gasteiger partial charge is 0.393 e. The predicted molar refractivity (Wildman–Crippen MR) is 44.4 cm³/mol. The standard InChI is InChI=1S/C9H17NO/c11-9-5-6-10-8-4-2-1-3-7(8)9/h7-11H,1-6H2. The third-order valence-electron chi connectivity index (χ3n) is 3.16. The highest BCUT2D eigenvalue weighted by molar-refractivity contribution is 4.89. The van der Waals surface area contributed by atoms with Crippen LogP contribution in [0.25, 0.3) is 0 Å². The molecular formula is C9H17NO. The van der Waals surface area contributed by atoms with Gasteiger partial charge in [0.2, 0.25) is 0 Å². The molecule has 0 amide bonds. The van der Waals surface area contributed by atoms with Gasteiger partial charge in [0.25, 0.3) is 0 Å². The van der Waals surface area contributed by atoms with Crippen LogP contribution in [0, 0.1) is 5.92 Å². The van der Waals surface area contributed by atoms with E-state index in [1.807, 2.05) is 0 Å². The minimum absolute atomic E-state index is 0.0125. The van der Waals surface area contributed by atoms with Crippen LogP contribution in [-0.4, -0.2) is 23.8 Å². The van der Waals surface area contributed by atoms with Gasteiger partial charge in [0.05, 0.1) is 6.10 Å². The molecule has 0 radical (unpaired) electrons. The molecule has 2 fully saturated rings. The first-order valence-corrected chi connectivity index (χ1v) is 4.79. The fourth-order valence-electron chi connectivity index (χ4n) is 2.50. The molecule has 2 heteroatoms. The molecule has 2 nitrogen and oxygen atoms in total. The van der Waals surface area contributed by atoms with Crippen molar-refractivity contribution >= 4 is 0 Å². The molecule has 1 saturated carbocycles. The second-order valence-electron chi connectivity index (χ2n) is 3.86. The number of piperidine rings is 1. The van der Waals surface area contributed by atoms with Crippen LogP contribution in [0.15, 0.2) is 0 Å². The molecule has 0 aromatic heterocycles. The lowest BCUT2D eigenvalue weighted by molar-refractivity contribution is 0.0317. The molecule has 1 aliphatic heterocycles. The lowest BCUT2D eigenvalue weighted by atomic mass is 9.78. The fraction of sp³-hybridized carbons (Fsp3) is 1.00. The number of aliphatic hydroxyl groups excluding tert-OH is 1. The van der Waals surface area contributed by atoms with Crippen LogP contribution in [0.3, 0.4) is 0 Å². The first kappa shape index (κ1) is 7.56. The molecular weight excluding hydrogens is 138 g/mol. The molecule has 2 N–H and O–H groups in total. The smallest absolute Gasteiger partial charge is 0.0595 e. The van der Waals surface area contributed by atoms with Crippen LogP contribution >= 0.6 is 0 Å². The van der Waals surface area contributed by atoms with Gasteiger partial charge in [0.1, 0.15) is 0 Å². The summed E-state index contributed by atoms with van der Waals surface area (Å²) in [4.78, 5) is 0. The van der Waals surface area contributed by atoms with Crippen molar-refractivity contribution in [2.24, 2.45) is 5.92 Å². The monoisotopic (exact) mass is 155 g/mol. The molecule has 2 aliphatic rings. The maximum atomic E-state index is 9.66. The first-order chi connectivity index (χ1) is 5.38. The van der Waals surface area contributed by atoms with Gasteiger partial charge < -0.3 is 10.4 Å². The highest BCUT2D eigenvalue weighted by atomic mass is 16.3. The van der Waals surface area contributed by atoms with Crippen molar-refractivity contribution in [2.75, 3.05) is 6.54 Å². The highest BCUT2D eigenvalue weighted by Crippen LogP contribution is 2.30. The van der Waals surface area contributed by atoms with Crippen molar-refractivity contribution < 1.29 is 5.11 Å². The summed E-state index contributed by atoms with van der Waals surface area (Å²) in [6, 6.07) is 0.632. The molecule has 11 heavy (non-hydrogen) atoms. The maximum absolute atomic E-state index is 9.66. The van der Waals surface area contributed by atoms with Crippen molar-refractivity contribution in [3.63, 3.8) is 0 Å². The molecule has 0 bridgehead atoms. The minimum Gasteiger partial charge on any atom is -0.393 e. The zero-order chi connectivity index (χ0) is 7.68. The molecule has 2 rings (SSSR count). The van der Waals surface area contributed by atoms with Crippen molar-refractivity contribution in [1.29, 1.82) is 0 Å². The van der Waals surface area contributed by atoms with Crippen molar-refractivity contribution in [3.8, 4) is 0 Å². The van der Waals surface area contributed by atoms with E-state index in [2.05, 4.69) is 5.32 Å². The summed E-state index contributed by atoms with van der Waals surface area (Å²) in [5.41, 5.74) is 0. The summed E-state index contributed by atoms with van der Waals surface area (Å²) in [5.74, 6) is 0.567. The predicted octanol–water partition coefficient (Wildman–Crippen LogP) is 0.899. The third-order valence-corrected chi connectivity index (χ3v) is 3.16. The van der Waals surface area contributed by atoms with Gasteiger partial charge in [-0.3, -0.25) is 0 Å². The van der Waals surface area contributed by atoms with Crippen LogP contribution in [0.2, 0.25) is 0 Å². The van der Waals surface area contributed by atoms with Gasteiger partial charge in [-0.2, -0.15) is 0 Å². The van der Waals surface area contributed by atoms with Gasteiger partial charge in [-0.05, 0) is 25.8 Å². The Kier molecular flexibility index (Phi) is 2.14. The molecule has 3 unspecified atom stereocenters. The minimum atomic E-state index is -0.0125. The normalized spacial score (nSPS) is 45.0. The Morgan fingerprint density at radius 2 is 1.91 bits per heavy atom. The Morgan fingerprint density at radius 1 is 1.09 bits per heavy atom. The molecule has 0 spiro atoms. The summed E-state index contributed by atoms with van der Waals surface area (Å²) in [6.07, 6.45) is 6.13. The van der Waals surface area contributed by atoms with Crippen LogP contribution in [0.1, 0.15) is 32.1 Å². The Labute approximate surface area is 68.0 Å². The molecule has 1 aliphatic carbocycles. The number of fused-ring (bicyclic) bond motifs is 1. The van der Waals surface area contributed by atoms with Gasteiger partial charge in [0.15, 0.2) is 0 Å². The van der Waals surface area contributed by atoms with Gasteiger partial charge in [-0.1, -0.05) is 12.8 Å². The number of hydrogen-bond acceptors (Lipinski definition) is 2. The Hall–Kier alpha value is -0.0800. The summed E-state index contributed by atoms with van der Waals surface area (Å²) >= 11 is 0. The fourth-order valence-corrected chi connectivity index (χ4v) is 2.50. The van der Waals surface area contributed by atoms with E-state index in [0.29, 0.717) is 12.0 Å². The van der Waals surface area contributed by atoms with Gasteiger partial charge in [-0.25, -0.2) is 0 Å². The number of hydrogen-bond donors (Lipinski definition) is 2. The summed E-state index contributed by atoms with van der Waals surface area (Å²) < 4.78 is 0. The Bertz CT molecular complexity index is 136. The van der Waals surface area contributed by atoms with E-state index < -0.39 is 0 Å². The van der Waals surface area contributed by atoms with Crippen LogP contribution in [-0.2, 0) is 0 Å². The van der Waals surface area contributed by atoms with Gasteiger partial charge in [-0.15, -0.1) is 0 Å². The lowest BCUT2D eigenvalue weighted by Crippen LogP contribution is -2.49. The lowest BCUT2D eigenvalue weighted by Gasteiger charge is -2.39. The first-order valence-electron chi connectivity index (χ1n) is 4.79. The van der Waals surface area contributed by atoms with Crippen LogP contribution in [0.5, 0.6) is 0 Å². The molecule has 1 saturated heterocycles. The number of rotatable bonds is 0. The third kappa shape index (κ3) is 1.42. The summed E-state index contributed by atoms with van der Waals surface area (Å²) in [7, 11) is 0. The van der Waals surface area contributed by atoms with E-state index in [4.69, 9.17) is 0 Å². The molecule has 1 heterocycles. The van der Waals surface area contributed by atoms with E-state index in [1.54, 1.807) is 0 Å². The summed E-state index contributed by atoms with van der Waals surface area (Å²) in [5, 5.41) is 13.2. The zero-order valence-corrected chi connectivity index (χ0v) is 6.92. The van der Waals surface area contributed by atoms with E-state index in [-0.39, 0.29) is 6.10 Å². The SMILES string of the molecule is OC1CCNC2CCCCC12. The molecule has 0 aromatic carbocycles. The summed E-state index contributed by atoms with van der Waals surface area (Å²) in [6.45, 7) is 1.02. The van der Waals surface area contributed by atoms with Crippen LogP contribution in [0.4, 0.5) is 0 Å². The molecule has 64 valence electrons. The van der Waals surface area contributed by atoms with E-state index in [9.17, 15) is 5.11 Å². The van der Waals surface area contributed by atoms with E-state index >= 15 is 0 Å². The average Bonchev–Trinajstić information content (AvgIpc) is 2.06.